The van der Waals surface area contributed by atoms with Crippen LogP contribution in [-0.2, 0) is 11.8 Å². The highest BCUT2D eigenvalue weighted by molar-refractivity contribution is 9.10. The summed E-state index contributed by atoms with van der Waals surface area (Å²) < 4.78 is 2.70. The highest BCUT2D eigenvalue weighted by Gasteiger charge is 2.28. The topological polar surface area (TPSA) is 80.1 Å². The lowest BCUT2D eigenvalue weighted by molar-refractivity contribution is -0.121. The number of benzene rings is 2. The third-order valence-electron chi connectivity index (χ3n) is 5.44. The van der Waals surface area contributed by atoms with Gasteiger partial charge in [-0.25, -0.2) is 4.68 Å². The second kappa shape index (κ2) is 7.94. The van der Waals surface area contributed by atoms with E-state index in [1.807, 2.05) is 49.2 Å². The molecule has 1 N–H and O–H groups in total. The number of likely N-dealkylation sites (tertiary alicyclic amines) is 1. The van der Waals surface area contributed by atoms with Gasteiger partial charge in [-0.3, -0.25) is 9.59 Å². The Hall–Kier alpha value is -2.74. The molecule has 2 heterocycles. The van der Waals surface area contributed by atoms with Crippen LogP contribution in [-0.4, -0.2) is 44.8 Å². The summed E-state index contributed by atoms with van der Waals surface area (Å²) in [7, 11) is 1.82. The van der Waals surface area contributed by atoms with Crippen molar-refractivity contribution in [2.24, 2.45) is 13.0 Å². The summed E-state index contributed by atoms with van der Waals surface area (Å²) in [6.07, 6.45) is 1.31. The Morgan fingerprint density at radius 3 is 2.62 bits per heavy atom. The first-order valence-corrected chi connectivity index (χ1v) is 10.4. The van der Waals surface area contributed by atoms with Crippen LogP contribution < -0.4 is 5.32 Å². The molecule has 150 valence electrons. The summed E-state index contributed by atoms with van der Waals surface area (Å²) >= 11 is 3.47. The number of anilines is 1. The number of hydrogen-bond donors (Lipinski definition) is 1. The van der Waals surface area contributed by atoms with Crippen molar-refractivity contribution in [3.8, 4) is 0 Å². The molecule has 1 aliphatic rings. The van der Waals surface area contributed by atoms with E-state index in [4.69, 9.17) is 0 Å². The number of rotatable bonds is 3. The van der Waals surface area contributed by atoms with Gasteiger partial charge in [0, 0.05) is 41.8 Å². The fourth-order valence-electron chi connectivity index (χ4n) is 3.67. The lowest BCUT2D eigenvalue weighted by atomic mass is 9.95. The highest BCUT2D eigenvalue weighted by Crippen LogP contribution is 2.24. The number of piperidine rings is 1. The zero-order valence-electron chi connectivity index (χ0n) is 16.4. The molecule has 1 aromatic heterocycles. The fourth-order valence-corrected chi connectivity index (χ4v) is 3.91. The molecule has 0 radical (unpaired) electrons. The zero-order chi connectivity index (χ0) is 20.5. The molecule has 4 rings (SSSR count). The van der Waals surface area contributed by atoms with Crippen molar-refractivity contribution in [1.82, 2.24) is 19.9 Å². The van der Waals surface area contributed by atoms with Crippen molar-refractivity contribution >= 4 is 44.5 Å². The van der Waals surface area contributed by atoms with Gasteiger partial charge in [0.1, 0.15) is 5.52 Å². The number of aryl methyl sites for hydroxylation is 2. The molecule has 1 saturated heterocycles. The van der Waals surface area contributed by atoms with Crippen LogP contribution in [0, 0.1) is 12.8 Å². The molecule has 0 saturated carbocycles. The molecule has 0 spiro atoms. The Bertz CT molecular complexity index is 1090. The first-order chi connectivity index (χ1) is 13.9. The van der Waals surface area contributed by atoms with Gasteiger partial charge in [0.05, 0.1) is 5.52 Å². The average molecular weight is 456 g/mol. The molecular formula is C21H22BrN5O2. The molecule has 29 heavy (non-hydrogen) atoms. The summed E-state index contributed by atoms with van der Waals surface area (Å²) in [6, 6.07) is 11.2. The van der Waals surface area contributed by atoms with Crippen LogP contribution in [0.5, 0.6) is 0 Å². The normalized spacial score (nSPS) is 14.9. The number of nitrogens with one attached hydrogen (secondary N) is 1. The number of halogens is 1. The number of nitrogens with zero attached hydrogens (tertiary/aromatic N) is 4. The Labute approximate surface area is 177 Å². The fraction of sp³-hybridized carbons (Fsp3) is 0.333. The van der Waals surface area contributed by atoms with Gasteiger partial charge < -0.3 is 10.2 Å². The van der Waals surface area contributed by atoms with Gasteiger partial charge in [-0.1, -0.05) is 21.1 Å². The summed E-state index contributed by atoms with van der Waals surface area (Å²) in [5.74, 6) is -0.106. The summed E-state index contributed by atoms with van der Waals surface area (Å²) in [5.41, 5.74) is 4.07. The van der Waals surface area contributed by atoms with Gasteiger partial charge in [-0.2, -0.15) is 0 Å². The SMILES string of the molecule is Cc1cc(NC(=O)C2CCN(C(=O)c3ccc4c(c3)nnn4C)CC2)ccc1Br. The van der Waals surface area contributed by atoms with Crippen molar-refractivity contribution < 1.29 is 9.59 Å². The van der Waals surface area contributed by atoms with Crippen molar-refractivity contribution in [3.63, 3.8) is 0 Å². The number of carbonyl (C=O) groups is 2. The van der Waals surface area contributed by atoms with Crippen LogP contribution in [0.15, 0.2) is 40.9 Å². The van der Waals surface area contributed by atoms with E-state index in [0.717, 1.165) is 21.2 Å². The second-order valence-electron chi connectivity index (χ2n) is 7.44. The molecule has 0 atom stereocenters. The largest absolute Gasteiger partial charge is 0.339 e. The van der Waals surface area contributed by atoms with E-state index in [0.29, 0.717) is 37.0 Å². The Morgan fingerprint density at radius 2 is 1.90 bits per heavy atom. The Morgan fingerprint density at radius 1 is 1.14 bits per heavy atom. The molecule has 2 aromatic carbocycles. The van der Waals surface area contributed by atoms with E-state index >= 15 is 0 Å². The number of carbonyl (C=O) groups excluding carboxylic acids is 2. The molecule has 1 fully saturated rings. The molecule has 7 nitrogen and oxygen atoms in total. The monoisotopic (exact) mass is 455 g/mol. The van der Waals surface area contributed by atoms with Gasteiger partial charge in [-0.05, 0) is 61.7 Å². The first-order valence-electron chi connectivity index (χ1n) is 9.58. The van der Waals surface area contributed by atoms with Gasteiger partial charge in [0.25, 0.3) is 5.91 Å². The van der Waals surface area contributed by atoms with Crippen LogP contribution in [0.1, 0.15) is 28.8 Å². The molecule has 1 aliphatic heterocycles. The maximum atomic E-state index is 12.9. The minimum Gasteiger partial charge on any atom is -0.339 e. The molecule has 2 amide bonds. The van der Waals surface area contributed by atoms with E-state index in [1.165, 1.54) is 0 Å². The predicted molar refractivity (Wildman–Crippen MR) is 115 cm³/mol. The Balaban J connectivity index is 1.37. The number of hydrogen-bond acceptors (Lipinski definition) is 4. The first kappa shape index (κ1) is 19.6. The van der Waals surface area contributed by atoms with E-state index in [9.17, 15) is 9.59 Å². The van der Waals surface area contributed by atoms with Crippen molar-refractivity contribution in [2.45, 2.75) is 19.8 Å². The van der Waals surface area contributed by atoms with Crippen LogP contribution >= 0.6 is 15.9 Å². The third-order valence-corrected chi connectivity index (χ3v) is 6.33. The molecule has 3 aromatic rings. The number of fused-ring (bicyclic) bond motifs is 1. The zero-order valence-corrected chi connectivity index (χ0v) is 17.9. The predicted octanol–water partition coefficient (Wildman–Crippen LogP) is 3.53. The van der Waals surface area contributed by atoms with Crippen LogP contribution in [0.25, 0.3) is 11.0 Å². The van der Waals surface area contributed by atoms with Gasteiger partial charge in [-0.15, -0.1) is 5.10 Å². The van der Waals surface area contributed by atoms with E-state index in [1.54, 1.807) is 10.7 Å². The minimum atomic E-state index is -0.0922. The standard InChI is InChI=1S/C21H22BrN5O2/c1-13-11-16(4-5-17(13)22)23-20(28)14-7-9-27(10-8-14)21(29)15-3-6-19-18(12-15)24-25-26(19)2/h3-6,11-12,14H,7-10H2,1-2H3,(H,23,28). The second-order valence-corrected chi connectivity index (χ2v) is 8.29. The van der Waals surface area contributed by atoms with Gasteiger partial charge in [0.15, 0.2) is 0 Å². The lowest BCUT2D eigenvalue weighted by Crippen LogP contribution is -2.41. The maximum Gasteiger partial charge on any atom is 0.253 e. The quantitative estimate of drug-likeness (QED) is 0.654. The van der Waals surface area contributed by atoms with E-state index in [2.05, 4.69) is 31.6 Å². The van der Waals surface area contributed by atoms with E-state index in [-0.39, 0.29) is 17.7 Å². The molecular weight excluding hydrogens is 434 g/mol. The number of aromatic nitrogens is 3. The summed E-state index contributed by atoms with van der Waals surface area (Å²) in [5, 5.41) is 11.1. The van der Waals surface area contributed by atoms with Crippen LogP contribution in [0.3, 0.4) is 0 Å². The van der Waals surface area contributed by atoms with Crippen LogP contribution in [0.4, 0.5) is 5.69 Å². The van der Waals surface area contributed by atoms with Gasteiger partial charge in [0.2, 0.25) is 5.91 Å². The smallest absolute Gasteiger partial charge is 0.253 e. The molecule has 8 heteroatoms. The number of amides is 2. The maximum absolute atomic E-state index is 12.9. The third kappa shape index (κ3) is 4.03. The Kier molecular flexibility index (Phi) is 5.36. The average Bonchev–Trinajstić information content (AvgIpc) is 3.10. The van der Waals surface area contributed by atoms with Crippen molar-refractivity contribution in [3.05, 3.63) is 52.0 Å². The van der Waals surface area contributed by atoms with E-state index < -0.39 is 0 Å². The molecule has 0 unspecified atom stereocenters. The summed E-state index contributed by atoms with van der Waals surface area (Å²) in [4.78, 5) is 27.3. The van der Waals surface area contributed by atoms with Crippen LogP contribution in [0.2, 0.25) is 0 Å². The van der Waals surface area contributed by atoms with Gasteiger partial charge >= 0.3 is 0 Å². The molecule has 0 bridgehead atoms. The lowest BCUT2D eigenvalue weighted by Gasteiger charge is -2.31. The minimum absolute atomic E-state index is 0.0137. The van der Waals surface area contributed by atoms with Crippen molar-refractivity contribution in [1.29, 1.82) is 0 Å². The van der Waals surface area contributed by atoms with Crippen molar-refractivity contribution in [2.75, 3.05) is 18.4 Å². The highest BCUT2D eigenvalue weighted by atomic mass is 79.9. The summed E-state index contributed by atoms with van der Waals surface area (Å²) in [6.45, 7) is 3.12. The molecule has 0 aliphatic carbocycles.